The van der Waals surface area contributed by atoms with Gasteiger partial charge >= 0.3 is 6.09 Å². The molecule has 0 spiro atoms. The molecule has 1 fully saturated rings. The quantitative estimate of drug-likeness (QED) is 0.603. The number of halogens is 2. The van der Waals surface area contributed by atoms with Gasteiger partial charge in [-0.25, -0.2) is 14.8 Å². The lowest BCUT2D eigenvalue weighted by molar-refractivity contribution is 0.102. The third-order valence-electron chi connectivity index (χ3n) is 4.62. The second kappa shape index (κ2) is 9.21. The van der Waals surface area contributed by atoms with Crippen LogP contribution in [0.25, 0.3) is 10.3 Å². The molecule has 1 aromatic carbocycles. The predicted octanol–water partition coefficient (Wildman–Crippen LogP) is 3.92. The van der Waals surface area contributed by atoms with Crippen molar-refractivity contribution < 1.29 is 14.3 Å². The van der Waals surface area contributed by atoms with Gasteiger partial charge in [-0.15, -0.1) is 0 Å². The number of aromatic nitrogens is 3. The zero-order valence-corrected chi connectivity index (χ0v) is 18.8. The summed E-state index contributed by atoms with van der Waals surface area (Å²) >= 11 is 13.2. The smallest absolute Gasteiger partial charge is 0.409 e. The first-order chi connectivity index (χ1) is 14.9. The largest absolute Gasteiger partial charge is 0.450 e. The van der Waals surface area contributed by atoms with Crippen LogP contribution < -0.4 is 10.2 Å². The Bertz CT molecular complexity index is 1130. The molecule has 0 radical (unpaired) electrons. The maximum atomic E-state index is 12.5. The first-order valence-electron chi connectivity index (χ1n) is 9.51. The minimum atomic E-state index is -0.385. The van der Waals surface area contributed by atoms with E-state index < -0.39 is 0 Å². The van der Waals surface area contributed by atoms with Gasteiger partial charge in [0.15, 0.2) is 9.96 Å². The van der Waals surface area contributed by atoms with Crippen LogP contribution in [0, 0.1) is 0 Å². The molecule has 2 aromatic heterocycles. The summed E-state index contributed by atoms with van der Waals surface area (Å²) in [6.07, 6.45) is 1.32. The Kier molecular flexibility index (Phi) is 6.40. The molecule has 4 rings (SSSR count). The molecule has 2 amide bonds. The Morgan fingerprint density at radius 3 is 2.68 bits per heavy atom. The first kappa shape index (κ1) is 21.5. The van der Waals surface area contributed by atoms with Gasteiger partial charge in [-0.2, -0.15) is 4.98 Å². The summed E-state index contributed by atoms with van der Waals surface area (Å²) in [5.41, 5.74) is 0.882. The van der Waals surface area contributed by atoms with Crippen LogP contribution in [0.4, 0.5) is 15.9 Å². The molecule has 0 atom stereocenters. The summed E-state index contributed by atoms with van der Waals surface area (Å²) < 4.78 is 5.04. The molecular weight excluding hydrogens is 463 g/mol. The van der Waals surface area contributed by atoms with Crippen molar-refractivity contribution in [3.05, 3.63) is 40.0 Å². The van der Waals surface area contributed by atoms with Crippen LogP contribution >= 0.6 is 34.5 Å². The van der Waals surface area contributed by atoms with Gasteiger partial charge in [0, 0.05) is 31.2 Å². The maximum Gasteiger partial charge on any atom is 0.409 e. The molecule has 0 unspecified atom stereocenters. The minimum absolute atomic E-state index is 0.259. The molecule has 12 heteroatoms. The highest BCUT2D eigenvalue weighted by molar-refractivity contribution is 7.22. The molecule has 1 aliphatic heterocycles. The van der Waals surface area contributed by atoms with Gasteiger partial charge in [-0.1, -0.05) is 34.5 Å². The number of rotatable bonds is 4. The van der Waals surface area contributed by atoms with Crippen LogP contribution in [-0.4, -0.2) is 64.6 Å². The standard InChI is InChI=1S/C19H18Cl2N6O3S/c1-2-30-19(29)27-7-5-26(6-8-27)17-22-10-14-16(25-17)31-18(23-14)24-15(28)12-4-3-11(20)9-13(12)21/h3-4,9-10H,2,5-8H2,1H3,(H,23,24,28). The van der Waals surface area contributed by atoms with Gasteiger partial charge in [0.2, 0.25) is 5.95 Å². The highest BCUT2D eigenvalue weighted by Crippen LogP contribution is 2.27. The number of fused-ring (bicyclic) bond motifs is 1. The number of thiazole rings is 1. The Hall–Kier alpha value is -2.69. The fourth-order valence-corrected chi connectivity index (χ4v) is 4.37. The number of amides is 2. The number of benzene rings is 1. The summed E-state index contributed by atoms with van der Waals surface area (Å²) in [7, 11) is 0. The highest BCUT2D eigenvalue weighted by Gasteiger charge is 2.24. The van der Waals surface area contributed by atoms with E-state index >= 15 is 0 Å². The molecule has 3 heterocycles. The number of piperazine rings is 1. The van der Waals surface area contributed by atoms with Gasteiger partial charge in [0.25, 0.3) is 5.91 Å². The Morgan fingerprint density at radius 1 is 1.19 bits per heavy atom. The van der Waals surface area contributed by atoms with Crippen molar-refractivity contribution in [3.8, 4) is 0 Å². The monoisotopic (exact) mass is 480 g/mol. The topological polar surface area (TPSA) is 101 Å². The number of ether oxygens (including phenoxy) is 1. The molecular formula is C19H18Cl2N6O3S. The van der Waals surface area contributed by atoms with Gasteiger partial charge in [0.1, 0.15) is 5.52 Å². The van der Waals surface area contributed by atoms with E-state index in [1.54, 1.807) is 30.2 Å². The van der Waals surface area contributed by atoms with Crippen molar-refractivity contribution in [2.75, 3.05) is 43.0 Å². The molecule has 1 aliphatic rings. The number of carbonyl (C=O) groups excluding carboxylic acids is 2. The molecule has 0 saturated carbocycles. The van der Waals surface area contributed by atoms with Crippen molar-refractivity contribution in [2.45, 2.75) is 6.92 Å². The summed E-state index contributed by atoms with van der Waals surface area (Å²) in [5.74, 6) is 0.169. The Morgan fingerprint density at radius 2 is 1.97 bits per heavy atom. The highest BCUT2D eigenvalue weighted by atomic mass is 35.5. The van der Waals surface area contributed by atoms with Crippen LogP contribution in [-0.2, 0) is 4.74 Å². The number of nitrogens with one attached hydrogen (secondary N) is 1. The van der Waals surface area contributed by atoms with Crippen LogP contribution in [0.2, 0.25) is 10.0 Å². The molecule has 1 N–H and O–H groups in total. The summed E-state index contributed by atoms with van der Waals surface area (Å²) in [5, 5.41) is 3.84. The molecule has 0 bridgehead atoms. The second-order valence-corrected chi connectivity index (χ2v) is 8.45. The minimum Gasteiger partial charge on any atom is -0.450 e. The lowest BCUT2D eigenvalue weighted by Gasteiger charge is -2.33. The second-order valence-electron chi connectivity index (χ2n) is 6.63. The van der Waals surface area contributed by atoms with Gasteiger partial charge in [-0.05, 0) is 25.1 Å². The zero-order chi connectivity index (χ0) is 22.0. The molecule has 31 heavy (non-hydrogen) atoms. The number of hydrogen-bond acceptors (Lipinski definition) is 8. The van der Waals surface area contributed by atoms with Crippen molar-refractivity contribution in [1.29, 1.82) is 0 Å². The van der Waals surface area contributed by atoms with Crippen molar-refractivity contribution in [2.24, 2.45) is 0 Å². The van der Waals surface area contributed by atoms with Gasteiger partial charge in [0.05, 0.1) is 23.4 Å². The van der Waals surface area contributed by atoms with Crippen molar-refractivity contribution in [3.63, 3.8) is 0 Å². The van der Waals surface area contributed by atoms with E-state index in [1.165, 1.54) is 17.4 Å². The van der Waals surface area contributed by atoms with Crippen molar-refractivity contribution >= 4 is 68.0 Å². The van der Waals surface area contributed by atoms with E-state index in [2.05, 4.69) is 20.3 Å². The van der Waals surface area contributed by atoms with Gasteiger partial charge in [-0.3, -0.25) is 10.1 Å². The lowest BCUT2D eigenvalue weighted by atomic mass is 10.2. The fraction of sp³-hybridized carbons (Fsp3) is 0.316. The Labute approximate surface area is 191 Å². The lowest BCUT2D eigenvalue weighted by Crippen LogP contribution is -2.49. The average Bonchev–Trinajstić information content (AvgIpc) is 3.15. The summed E-state index contributed by atoms with van der Waals surface area (Å²) in [6.45, 7) is 4.40. The summed E-state index contributed by atoms with van der Waals surface area (Å²) in [4.78, 5) is 42.0. The van der Waals surface area contributed by atoms with Crippen molar-refractivity contribution in [1.82, 2.24) is 19.9 Å². The number of hydrogen-bond donors (Lipinski definition) is 1. The fourth-order valence-electron chi connectivity index (χ4n) is 3.07. The SMILES string of the molecule is CCOC(=O)N1CCN(c2ncc3nc(NC(=O)c4ccc(Cl)cc4Cl)sc3n2)CC1. The van der Waals surface area contributed by atoms with E-state index in [0.717, 1.165) is 0 Å². The van der Waals surface area contributed by atoms with Gasteiger partial charge < -0.3 is 14.5 Å². The van der Waals surface area contributed by atoms with Crippen LogP contribution in [0.1, 0.15) is 17.3 Å². The molecule has 9 nitrogen and oxygen atoms in total. The van der Waals surface area contributed by atoms with E-state index in [1.807, 2.05) is 4.90 Å². The zero-order valence-electron chi connectivity index (χ0n) is 16.5. The third-order valence-corrected chi connectivity index (χ3v) is 6.05. The number of anilines is 2. The first-order valence-corrected chi connectivity index (χ1v) is 11.1. The third kappa shape index (κ3) is 4.81. The van der Waals surface area contributed by atoms with Crippen LogP contribution in [0.15, 0.2) is 24.4 Å². The molecule has 3 aromatic rings. The molecule has 0 aliphatic carbocycles. The normalized spacial score (nSPS) is 14.0. The Balaban J connectivity index is 1.45. The van der Waals surface area contributed by atoms with Crippen LogP contribution in [0.3, 0.4) is 0 Å². The maximum absolute atomic E-state index is 12.5. The van der Waals surface area contributed by atoms with E-state index in [0.29, 0.717) is 64.8 Å². The summed E-state index contributed by atoms with van der Waals surface area (Å²) in [6, 6.07) is 4.66. The van der Waals surface area contributed by atoms with Crippen LogP contribution in [0.5, 0.6) is 0 Å². The van der Waals surface area contributed by atoms with E-state index in [9.17, 15) is 9.59 Å². The number of carbonyl (C=O) groups is 2. The average molecular weight is 481 g/mol. The predicted molar refractivity (Wildman–Crippen MR) is 120 cm³/mol. The van der Waals surface area contributed by atoms with E-state index in [4.69, 9.17) is 27.9 Å². The van der Waals surface area contributed by atoms with E-state index in [-0.39, 0.29) is 17.0 Å². The molecule has 1 saturated heterocycles. The number of nitrogens with zero attached hydrogens (tertiary/aromatic N) is 5. The molecule has 162 valence electrons.